The first-order chi connectivity index (χ1) is 17.2. The first-order valence-electron chi connectivity index (χ1n) is 12.7. The average Bonchev–Trinajstić information content (AvgIpc) is 3.15. The minimum atomic E-state index is -1.83. The molecule has 2 aliphatic rings. The highest BCUT2D eigenvalue weighted by atomic mass is 16.7. The Hall–Kier alpha value is -1.96. The monoisotopic (exact) mass is 520 g/mol. The summed E-state index contributed by atoms with van der Waals surface area (Å²) in [4.78, 5) is 24.1. The van der Waals surface area contributed by atoms with Crippen LogP contribution < -0.4 is 0 Å². The number of ether oxygens (including phenoxy) is 4. The number of hydrogen-bond acceptors (Lipinski definition) is 12. The van der Waals surface area contributed by atoms with Gasteiger partial charge in [0.15, 0.2) is 11.9 Å². The van der Waals surface area contributed by atoms with Gasteiger partial charge in [-0.15, -0.1) is 0 Å². The van der Waals surface area contributed by atoms with Crippen LogP contribution in [0.25, 0.3) is 0 Å². The van der Waals surface area contributed by atoms with Crippen LogP contribution in [-0.2, 0) is 28.5 Å². The van der Waals surface area contributed by atoms with Crippen LogP contribution in [0.4, 0.5) is 0 Å². The predicted octanol–water partition coefficient (Wildman–Crippen LogP) is 0.323. The third-order valence-corrected chi connectivity index (χ3v) is 6.25. The highest BCUT2D eigenvalue weighted by Gasteiger charge is 2.48. The second-order valence-electron chi connectivity index (χ2n) is 9.18. The first kappa shape index (κ1) is 30.3. The van der Waals surface area contributed by atoms with Gasteiger partial charge in [0, 0.05) is 6.42 Å². The van der Waals surface area contributed by atoms with Crippen LogP contribution in [0.15, 0.2) is 11.5 Å². The summed E-state index contributed by atoms with van der Waals surface area (Å²) in [5, 5.41) is 59.3. The fourth-order valence-corrected chi connectivity index (χ4v) is 4.02. The fourth-order valence-electron chi connectivity index (χ4n) is 4.02. The van der Waals surface area contributed by atoms with Crippen molar-refractivity contribution in [2.24, 2.45) is 0 Å². The van der Waals surface area contributed by atoms with Crippen molar-refractivity contribution in [2.75, 3.05) is 13.2 Å². The summed E-state index contributed by atoms with van der Waals surface area (Å²) in [6.07, 6.45) is -1.40. The molecule has 2 heterocycles. The van der Waals surface area contributed by atoms with Crippen molar-refractivity contribution in [3.8, 4) is 0 Å². The molecular formula is C24H40O12. The van der Waals surface area contributed by atoms with E-state index in [1.54, 1.807) is 0 Å². The Balaban J connectivity index is 1.79. The molecule has 0 spiro atoms. The normalized spacial score (nSPS) is 29.2. The molecule has 7 atom stereocenters. The van der Waals surface area contributed by atoms with E-state index >= 15 is 0 Å². The van der Waals surface area contributed by atoms with E-state index in [-0.39, 0.29) is 6.42 Å². The molecule has 2 rings (SSSR count). The van der Waals surface area contributed by atoms with E-state index in [1.807, 2.05) is 0 Å². The number of rotatable bonds is 16. The maximum absolute atomic E-state index is 12.1. The standard InChI is InChI=1S/C24H40O12/c1-2-3-4-5-6-7-8-9-10-11-16(27)33-13-15-17(28)18(29)19(30)24(34-15)36-22-20(31)21(14(26)12-25)35-23(22)32/h14-15,17-19,21,24-26,28-31H,2-13H2,1H3/t14-,15+,17+,18-,19+,21+,24+/m0/s1. The lowest BCUT2D eigenvalue weighted by molar-refractivity contribution is -0.292. The van der Waals surface area contributed by atoms with Crippen molar-refractivity contribution in [1.82, 2.24) is 0 Å². The van der Waals surface area contributed by atoms with Crippen LogP contribution in [0.5, 0.6) is 0 Å². The maximum atomic E-state index is 12.1. The molecule has 0 amide bonds. The van der Waals surface area contributed by atoms with Crippen LogP contribution in [0, 0.1) is 0 Å². The molecule has 0 unspecified atom stereocenters. The van der Waals surface area contributed by atoms with Crippen molar-refractivity contribution >= 4 is 11.9 Å². The zero-order valence-electron chi connectivity index (χ0n) is 20.7. The summed E-state index contributed by atoms with van der Waals surface area (Å²) in [5.41, 5.74) is 0. The molecule has 0 aliphatic carbocycles. The number of carbonyl (C=O) groups is 2. The molecule has 12 nitrogen and oxygen atoms in total. The van der Waals surface area contributed by atoms with Gasteiger partial charge in [0.05, 0.1) is 6.61 Å². The van der Waals surface area contributed by atoms with E-state index in [1.165, 1.54) is 32.1 Å². The van der Waals surface area contributed by atoms with E-state index in [0.29, 0.717) is 6.42 Å². The highest BCUT2D eigenvalue weighted by Crippen LogP contribution is 2.29. The quantitative estimate of drug-likeness (QED) is 0.121. The zero-order chi connectivity index (χ0) is 26.7. The molecule has 0 aromatic carbocycles. The molecule has 1 fully saturated rings. The molecule has 6 N–H and O–H groups in total. The van der Waals surface area contributed by atoms with Gasteiger partial charge in [-0.2, -0.15) is 0 Å². The molecule has 12 heteroatoms. The van der Waals surface area contributed by atoms with Crippen LogP contribution in [0.3, 0.4) is 0 Å². The summed E-state index contributed by atoms with van der Waals surface area (Å²) in [6.45, 7) is 0.926. The van der Waals surface area contributed by atoms with Crippen LogP contribution in [-0.4, -0.2) is 98.7 Å². The number of hydrogen-bond donors (Lipinski definition) is 6. The smallest absolute Gasteiger partial charge is 0.378 e. The Morgan fingerprint density at radius 3 is 2.19 bits per heavy atom. The van der Waals surface area contributed by atoms with Crippen molar-refractivity contribution in [3.05, 3.63) is 11.5 Å². The number of aliphatic hydroxyl groups excluding tert-OH is 6. The van der Waals surface area contributed by atoms with Gasteiger partial charge in [-0.3, -0.25) is 4.79 Å². The summed E-state index contributed by atoms with van der Waals surface area (Å²) in [5.74, 6) is -3.32. The van der Waals surface area contributed by atoms with Gasteiger partial charge >= 0.3 is 11.9 Å². The lowest BCUT2D eigenvalue weighted by Crippen LogP contribution is -2.59. The molecule has 0 saturated carbocycles. The third-order valence-electron chi connectivity index (χ3n) is 6.25. The first-order valence-corrected chi connectivity index (χ1v) is 12.7. The summed E-state index contributed by atoms with van der Waals surface area (Å²) in [6, 6.07) is 0. The van der Waals surface area contributed by atoms with E-state index in [0.717, 1.165) is 19.3 Å². The Morgan fingerprint density at radius 2 is 1.58 bits per heavy atom. The number of cyclic esters (lactones) is 1. The fraction of sp³-hybridized carbons (Fsp3) is 0.833. The Bertz CT molecular complexity index is 726. The van der Waals surface area contributed by atoms with E-state index in [4.69, 9.17) is 24.1 Å². The molecule has 36 heavy (non-hydrogen) atoms. The number of carbonyl (C=O) groups excluding carboxylic acids is 2. The zero-order valence-corrected chi connectivity index (χ0v) is 20.7. The molecule has 0 aromatic rings. The predicted molar refractivity (Wildman–Crippen MR) is 123 cm³/mol. The van der Waals surface area contributed by atoms with Gasteiger partial charge in [0.1, 0.15) is 37.1 Å². The van der Waals surface area contributed by atoms with Gasteiger partial charge in [0.25, 0.3) is 0 Å². The largest absolute Gasteiger partial charge is 0.505 e. The van der Waals surface area contributed by atoms with E-state index in [9.17, 15) is 35.1 Å². The van der Waals surface area contributed by atoms with E-state index < -0.39 is 79.6 Å². The van der Waals surface area contributed by atoms with Crippen LogP contribution >= 0.6 is 0 Å². The molecule has 208 valence electrons. The van der Waals surface area contributed by atoms with Gasteiger partial charge in [0.2, 0.25) is 12.0 Å². The number of esters is 2. The SMILES string of the molecule is CCCCCCCCCCCC(=O)OC[C@H]1O[C@H](OC2=C(O)[C@@H]([C@@H](O)CO)OC2=O)[C@H](O)[C@@H](O)[C@@H]1O. The van der Waals surface area contributed by atoms with E-state index in [2.05, 4.69) is 6.92 Å². The van der Waals surface area contributed by atoms with Crippen molar-refractivity contribution < 1.29 is 59.2 Å². The molecule has 2 aliphatic heterocycles. The summed E-state index contributed by atoms with van der Waals surface area (Å²) < 4.78 is 20.4. The molecule has 0 radical (unpaired) electrons. The topological polar surface area (TPSA) is 192 Å². The maximum Gasteiger partial charge on any atom is 0.378 e. The number of aliphatic hydroxyl groups is 6. The van der Waals surface area contributed by atoms with Crippen LogP contribution in [0.2, 0.25) is 0 Å². The second-order valence-corrected chi connectivity index (χ2v) is 9.18. The van der Waals surface area contributed by atoms with Gasteiger partial charge in [-0.25, -0.2) is 4.79 Å². The van der Waals surface area contributed by atoms with Gasteiger partial charge in [-0.1, -0.05) is 58.3 Å². The van der Waals surface area contributed by atoms with Gasteiger partial charge < -0.3 is 49.6 Å². The van der Waals surface area contributed by atoms with Crippen molar-refractivity contribution in [2.45, 2.75) is 114 Å². The summed E-state index contributed by atoms with van der Waals surface area (Å²) >= 11 is 0. The molecule has 1 saturated heterocycles. The summed E-state index contributed by atoms with van der Waals surface area (Å²) in [7, 11) is 0. The second kappa shape index (κ2) is 15.3. The minimum absolute atomic E-state index is 0.185. The highest BCUT2D eigenvalue weighted by molar-refractivity contribution is 5.89. The average molecular weight is 521 g/mol. The van der Waals surface area contributed by atoms with Crippen LogP contribution in [0.1, 0.15) is 71.1 Å². The third kappa shape index (κ3) is 8.56. The molecular weight excluding hydrogens is 480 g/mol. The lowest BCUT2D eigenvalue weighted by Gasteiger charge is -2.39. The Kier molecular flexibility index (Phi) is 12.9. The Labute approximate surface area is 210 Å². The Morgan fingerprint density at radius 1 is 0.972 bits per heavy atom. The minimum Gasteiger partial charge on any atom is -0.505 e. The van der Waals surface area contributed by atoms with Crippen molar-refractivity contribution in [1.29, 1.82) is 0 Å². The molecule has 0 aromatic heterocycles. The number of unbranched alkanes of at least 4 members (excludes halogenated alkanes) is 8. The van der Waals surface area contributed by atoms with Gasteiger partial charge in [-0.05, 0) is 6.42 Å². The van der Waals surface area contributed by atoms with Crippen molar-refractivity contribution in [3.63, 3.8) is 0 Å². The molecule has 0 bridgehead atoms. The lowest BCUT2D eigenvalue weighted by atomic mass is 9.99.